The molecule has 0 aliphatic heterocycles. The first-order valence-electron chi connectivity index (χ1n) is 5.31. The Balaban J connectivity index is 2.31. The van der Waals surface area contributed by atoms with E-state index >= 15 is 0 Å². The van der Waals surface area contributed by atoms with E-state index in [2.05, 4.69) is 9.97 Å². The summed E-state index contributed by atoms with van der Waals surface area (Å²) >= 11 is 0. The van der Waals surface area contributed by atoms with Crippen LogP contribution in [-0.4, -0.2) is 9.97 Å². The van der Waals surface area contributed by atoms with Gasteiger partial charge >= 0.3 is 0 Å². The van der Waals surface area contributed by atoms with Crippen LogP contribution < -0.4 is 5.73 Å². The first-order valence-corrected chi connectivity index (χ1v) is 5.31. The quantitative estimate of drug-likeness (QED) is 0.833. The Hall–Kier alpha value is -1.74. The molecule has 0 amide bonds. The molecule has 1 atom stereocenters. The van der Waals surface area contributed by atoms with Crippen molar-refractivity contribution in [3.05, 3.63) is 48.0 Å². The van der Waals surface area contributed by atoms with E-state index in [9.17, 15) is 0 Å². The number of pyridine rings is 2. The van der Waals surface area contributed by atoms with Crippen LogP contribution in [0.4, 0.5) is 0 Å². The Bertz CT molecular complexity index is 458. The average Bonchev–Trinajstić information content (AvgIpc) is 2.30. The van der Waals surface area contributed by atoms with Crippen LogP contribution in [0.3, 0.4) is 0 Å². The highest BCUT2D eigenvalue weighted by atomic mass is 14.8. The molecule has 0 aliphatic carbocycles. The van der Waals surface area contributed by atoms with Gasteiger partial charge in [0.25, 0.3) is 0 Å². The first kappa shape index (κ1) is 10.8. The van der Waals surface area contributed by atoms with Gasteiger partial charge < -0.3 is 5.73 Å². The largest absolute Gasteiger partial charge is 0.323 e. The Morgan fingerprint density at radius 3 is 2.06 bits per heavy atom. The van der Waals surface area contributed by atoms with E-state index in [0.717, 1.165) is 22.5 Å². The van der Waals surface area contributed by atoms with Gasteiger partial charge in [-0.2, -0.15) is 0 Å². The van der Waals surface area contributed by atoms with Crippen molar-refractivity contribution in [2.24, 2.45) is 5.73 Å². The molecule has 0 radical (unpaired) electrons. The van der Waals surface area contributed by atoms with E-state index in [0.29, 0.717) is 0 Å². The molecular weight excluding hydrogens is 198 g/mol. The fourth-order valence-electron chi connectivity index (χ4n) is 1.48. The SMILES string of the molecule is Cc1ccc(-c2ccc([C@@H](C)N)nc2)cn1. The summed E-state index contributed by atoms with van der Waals surface area (Å²) in [5.41, 5.74) is 9.82. The number of hydrogen-bond donors (Lipinski definition) is 1. The maximum atomic E-state index is 5.75. The summed E-state index contributed by atoms with van der Waals surface area (Å²) in [7, 11) is 0. The van der Waals surface area contributed by atoms with E-state index in [-0.39, 0.29) is 6.04 Å². The number of aromatic nitrogens is 2. The van der Waals surface area contributed by atoms with Crippen LogP contribution >= 0.6 is 0 Å². The van der Waals surface area contributed by atoms with Gasteiger partial charge in [0.2, 0.25) is 0 Å². The van der Waals surface area contributed by atoms with Gasteiger partial charge in [0.15, 0.2) is 0 Å². The normalized spacial score (nSPS) is 12.4. The van der Waals surface area contributed by atoms with Crippen molar-refractivity contribution in [1.82, 2.24) is 9.97 Å². The molecule has 0 fully saturated rings. The highest BCUT2D eigenvalue weighted by Gasteiger charge is 2.02. The van der Waals surface area contributed by atoms with E-state index in [1.54, 1.807) is 0 Å². The maximum absolute atomic E-state index is 5.75. The van der Waals surface area contributed by atoms with Gasteiger partial charge in [-0.25, -0.2) is 0 Å². The minimum atomic E-state index is -0.0230. The second-order valence-corrected chi connectivity index (χ2v) is 3.95. The number of rotatable bonds is 2. The van der Waals surface area contributed by atoms with Crippen LogP contribution in [-0.2, 0) is 0 Å². The van der Waals surface area contributed by atoms with Crippen molar-refractivity contribution in [2.75, 3.05) is 0 Å². The van der Waals surface area contributed by atoms with Gasteiger partial charge in [0.05, 0.1) is 5.69 Å². The Kier molecular flexibility index (Phi) is 2.97. The molecule has 0 aromatic carbocycles. The molecule has 3 nitrogen and oxygen atoms in total. The van der Waals surface area contributed by atoms with Gasteiger partial charge in [-0.3, -0.25) is 9.97 Å². The van der Waals surface area contributed by atoms with E-state index in [4.69, 9.17) is 5.73 Å². The average molecular weight is 213 g/mol. The molecule has 2 aromatic rings. The molecule has 82 valence electrons. The van der Waals surface area contributed by atoms with Crippen LogP contribution in [0.5, 0.6) is 0 Å². The molecule has 0 aliphatic rings. The molecule has 2 rings (SSSR count). The lowest BCUT2D eigenvalue weighted by atomic mass is 10.1. The van der Waals surface area contributed by atoms with Crippen molar-refractivity contribution in [3.8, 4) is 11.1 Å². The predicted molar refractivity (Wildman–Crippen MR) is 64.8 cm³/mol. The Labute approximate surface area is 95.4 Å². The fourth-order valence-corrected chi connectivity index (χ4v) is 1.48. The molecule has 0 unspecified atom stereocenters. The Morgan fingerprint density at radius 2 is 1.62 bits per heavy atom. The molecule has 16 heavy (non-hydrogen) atoms. The molecule has 2 aromatic heterocycles. The van der Waals surface area contributed by atoms with Crippen molar-refractivity contribution in [1.29, 1.82) is 0 Å². The van der Waals surface area contributed by atoms with Crippen LogP contribution in [0.2, 0.25) is 0 Å². The Morgan fingerprint density at radius 1 is 1.00 bits per heavy atom. The number of aryl methyl sites for hydroxylation is 1. The van der Waals surface area contributed by atoms with E-state index in [1.807, 2.05) is 50.5 Å². The molecular formula is C13H15N3. The van der Waals surface area contributed by atoms with Crippen molar-refractivity contribution >= 4 is 0 Å². The lowest BCUT2D eigenvalue weighted by Gasteiger charge is -2.06. The van der Waals surface area contributed by atoms with Crippen molar-refractivity contribution < 1.29 is 0 Å². The molecule has 0 spiro atoms. The third-order valence-corrected chi connectivity index (χ3v) is 2.50. The smallest absolute Gasteiger partial charge is 0.0568 e. The van der Waals surface area contributed by atoms with Gasteiger partial charge in [0, 0.05) is 35.3 Å². The number of nitrogens with zero attached hydrogens (tertiary/aromatic N) is 2. The van der Waals surface area contributed by atoms with Gasteiger partial charge in [-0.1, -0.05) is 12.1 Å². The van der Waals surface area contributed by atoms with Gasteiger partial charge in [-0.15, -0.1) is 0 Å². The highest BCUT2D eigenvalue weighted by Crippen LogP contribution is 2.18. The first-order chi connectivity index (χ1) is 7.66. The van der Waals surface area contributed by atoms with Gasteiger partial charge in [-0.05, 0) is 26.0 Å². The minimum absolute atomic E-state index is 0.0230. The summed E-state index contributed by atoms with van der Waals surface area (Å²) in [4.78, 5) is 8.58. The lowest BCUT2D eigenvalue weighted by Crippen LogP contribution is -2.06. The molecule has 0 saturated heterocycles. The van der Waals surface area contributed by atoms with Crippen LogP contribution in [0.25, 0.3) is 11.1 Å². The van der Waals surface area contributed by atoms with Crippen molar-refractivity contribution in [3.63, 3.8) is 0 Å². The number of nitrogens with two attached hydrogens (primary N) is 1. The zero-order valence-electron chi connectivity index (χ0n) is 9.51. The topological polar surface area (TPSA) is 51.8 Å². The van der Waals surface area contributed by atoms with E-state index in [1.165, 1.54) is 0 Å². The minimum Gasteiger partial charge on any atom is -0.323 e. The lowest BCUT2D eigenvalue weighted by molar-refractivity contribution is 0.781. The molecule has 0 bridgehead atoms. The molecule has 3 heteroatoms. The highest BCUT2D eigenvalue weighted by molar-refractivity contribution is 5.61. The van der Waals surface area contributed by atoms with Gasteiger partial charge in [0.1, 0.15) is 0 Å². The monoisotopic (exact) mass is 213 g/mol. The third-order valence-electron chi connectivity index (χ3n) is 2.50. The zero-order chi connectivity index (χ0) is 11.5. The summed E-state index contributed by atoms with van der Waals surface area (Å²) in [6, 6.07) is 8.00. The standard InChI is InChI=1S/C13H15N3/c1-9-3-4-11(7-15-9)12-5-6-13(10(2)14)16-8-12/h3-8,10H,14H2,1-2H3/t10-/m1/s1. The van der Waals surface area contributed by atoms with E-state index < -0.39 is 0 Å². The molecule has 2 N–H and O–H groups in total. The van der Waals surface area contributed by atoms with Crippen LogP contribution in [0.15, 0.2) is 36.7 Å². The summed E-state index contributed by atoms with van der Waals surface area (Å²) in [6.07, 6.45) is 3.70. The summed E-state index contributed by atoms with van der Waals surface area (Å²) < 4.78 is 0. The second kappa shape index (κ2) is 4.41. The van der Waals surface area contributed by atoms with Crippen LogP contribution in [0.1, 0.15) is 24.4 Å². The van der Waals surface area contributed by atoms with Crippen LogP contribution in [0, 0.1) is 6.92 Å². The molecule has 2 heterocycles. The predicted octanol–water partition coefficient (Wildman–Crippen LogP) is 2.47. The fraction of sp³-hybridized carbons (Fsp3) is 0.231. The summed E-state index contributed by atoms with van der Waals surface area (Å²) in [5, 5.41) is 0. The third kappa shape index (κ3) is 2.25. The van der Waals surface area contributed by atoms with Crippen molar-refractivity contribution in [2.45, 2.75) is 19.9 Å². The summed E-state index contributed by atoms with van der Waals surface area (Å²) in [5.74, 6) is 0. The number of hydrogen-bond acceptors (Lipinski definition) is 3. The molecule has 0 saturated carbocycles. The maximum Gasteiger partial charge on any atom is 0.0568 e. The summed E-state index contributed by atoms with van der Waals surface area (Å²) in [6.45, 7) is 3.90. The zero-order valence-corrected chi connectivity index (χ0v) is 9.51. The second-order valence-electron chi connectivity index (χ2n) is 3.95.